The van der Waals surface area contributed by atoms with Crippen LogP contribution in [0.15, 0.2) is 48.0 Å². The summed E-state index contributed by atoms with van der Waals surface area (Å²) in [7, 11) is 0. The minimum Gasteiger partial charge on any atom is -0.488 e. The molecule has 0 amide bonds. The Morgan fingerprint density at radius 3 is 2.10 bits per heavy atom. The Labute approximate surface area is 231 Å². The van der Waals surface area contributed by atoms with E-state index in [-0.39, 0.29) is 41.7 Å². The van der Waals surface area contributed by atoms with Gasteiger partial charge in [-0.05, 0) is 55.3 Å². The number of allylic oxidation sites excluding steroid dienone is 1. The summed E-state index contributed by atoms with van der Waals surface area (Å²) in [6.07, 6.45) is -8.62. The van der Waals surface area contributed by atoms with Gasteiger partial charge in [-0.25, -0.2) is 4.79 Å². The highest BCUT2D eigenvalue weighted by Gasteiger charge is 2.30. The van der Waals surface area contributed by atoms with Crippen LogP contribution < -0.4 is 14.2 Å². The van der Waals surface area contributed by atoms with Crippen molar-refractivity contribution in [2.45, 2.75) is 38.7 Å². The van der Waals surface area contributed by atoms with Gasteiger partial charge in [-0.2, -0.15) is 26.3 Å². The molecule has 0 heterocycles. The summed E-state index contributed by atoms with van der Waals surface area (Å²) in [4.78, 5) is 11.3. The van der Waals surface area contributed by atoms with Gasteiger partial charge in [0.05, 0.1) is 5.02 Å². The first kappa shape index (κ1) is 32.7. The molecule has 0 saturated carbocycles. The van der Waals surface area contributed by atoms with Crippen molar-refractivity contribution in [3.8, 4) is 29.1 Å². The Hall–Kier alpha value is -3.56. The second-order valence-corrected chi connectivity index (χ2v) is 8.61. The Morgan fingerprint density at radius 2 is 1.60 bits per heavy atom. The highest BCUT2D eigenvalue weighted by Crippen LogP contribution is 2.28. The quantitative estimate of drug-likeness (QED) is 0.220. The summed E-state index contributed by atoms with van der Waals surface area (Å²) in [5, 5.41) is 9.46. The lowest BCUT2D eigenvalue weighted by Gasteiger charge is -2.13. The predicted octanol–water partition coefficient (Wildman–Crippen LogP) is 6.63. The van der Waals surface area contributed by atoms with E-state index in [1.54, 1.807) is 38.1 Å². The SMILES string of the molecule is CCO[C@@H](Cc1ccc(OCC=C(C)C#Cc2cc(OCC(F)(F)F)cc(OCC(F)(F)F)c2)c(Cl)c1)C(=O)O. The van der Waals surface area contributed by atoms with Crippen molar-refractivity contribution in [2.75, 3.05) is 26.4 Å². The van der Waals surface area contributed by atoms with Gasteiger partial charge in [-0.1, -0.05) is 29.5 Å². The molecule has 0 unspecified atom stereocenters. The van der Waals surface area contributed by atoms with Gasteiger partial charge in [-0.15, -0.1) is 0 Å². The van der Waals surface area contributed by atoms with Crippen LogP contribution in [0.2, 0.25) is 5.02 Å². The molecule has 40 heavy (non-hydrogen) atoms. The van der Waals surface area contributed by atoms with Crippen molar-refractivity contribution < 1.29 is 55.2 Å². The molecule has 0 bridgehead atoms. The van der Waals surface area contributed by atoms with Gasteiger partial charge < -0.3 is 24.1 Å². The van der Waals surface area contributed by atoms with Crippen LogP contribution in [0.3, 0.4) is 0 Å². The zero-order valence-electron chi connectivity index (χ0n) is 21.3. The van der Waals surface area contributed by atoms with Gasteiger partial charge >= 0.3 is 18.3 Å². The van der Waals surface area contributed by atoms with E-state index in [0.29, 0.717) is 16.9 Å². The minimum absolute atomic E-state index is 0.0327. The first-order chi connectivity index (χ1) is 18.6. The first-order valence-corrected chi connectivity index (χ1v) is 12.0. The van der Waals surface area contributed by atoms with Gasteiger partial charge in [0.15, 0.2) is 19.3 Å². The number of hydrogen-bond acceptors (Lipinski definition) is 5. The van der Waals surface area contributed by atoms with E-state index >= 15 is 0 Å². The molecule has 2 rings (SSSR count). The third-order valence-corrected chi connectivity index (χ3v) is 5.07. The van der Waals surface area contributed by atoms with Crippen LogP contribution in [0.5, 0.6) is 17.2 Å². The standard InChI is InChI=1S/C27H25ClF6O6/c1-3-37-24(25(35)36)13-19-6-7-23(22(28)12-19)38-9-8-17(2)4-5-18-10-20(39-15-26(29,30)31)14-21(11-18)40-16-27(32,33)34/h6-8,10-12,14,24H,3,9,13,15-16H2,1-2H3,(H,35,36)/t24-/m0/s1. The van der Waals surface area contributed by atoms with Crippen molar-refractivity contribution >= 4 is 17.6 Å². The van der Waals surface area contributed by atoms with E-state index in [1.807, 2.05) is 0 Å². The number of aliphatic carboxylic acids is 1. The molecule has 0 saturated heterocycles. The summed E-state index contributed by atoms with van der Waals surface area (Å²) < 4.78 is 95.1. The lowest BCUT2D eigenvalue weighted by molar-refractivity contribution is -0.154. The number of carboxylic acid groups (broad SMARTS) is 1. The average Bonchev–Trinajstić information content (AvgIpc) is 2.85. The third kappa shape index (κ3) is 12.5. The van der Waals surface area contributed by atoms with E-state index in [1.165, 1.54) is 0 Å². The number of alkyl halides is 6. The number of halogens is 7. The molecule has 2 aromatic carbocycles. The maximum absolute atomic E-state index is 12.5. The first-order valence-electron chi connectivity index (χ1n) is 11.6. The fraction of sp³-hybridized carbons (Fsp3) is 0.370. The second kappa shape index (κ2) is 14.7. The summed E-state index contributed by atoms with van der Waals surface area (Å²) >= 11 is 6.24. The Balaban J connectivity index is 2.09. The van der Waals surface area contributed by atoms with Crippen LogP contribution in [0.25, 0.3) is 0 Å². The fourth-order valence-electron chi connectivity index (χ4n) is 3.04. The molecule has 0 aromatic heterocycles. The lowest BCUT2D eigenvalue weighted by Crippen LogP contribution is -2.26. The molecular formula is C27H25ClF6O6. The Bertz CT molecular complexity index is 1210. The third-order valence-electron chi connectivity index (χ3n) is 4.78. The molecule has 0 aliphatic rings. The molecule has 1 N–H and O–H groups in total. The molecular weight excluding hydrogens is 570 g/mol. The van der Waals surface area contributed by atoms with Crippen LogP contribution in [0.1, 0.15) is 25.0 Å². The molecule has 13 heteroatoms. The Kier molecular flexibility index (Phi) is 12.0. The summed E-state index contributed by atoms with van der Waals surface area (Å²) in [5.41, 5.74) is 1.18. The maximum atomic E-state index is 12.5. The highest BCUT2D eigenvalue weighted by molar-refractivity contribution is 6.32. The smallest absolute Gasteiger partial charge is 0.422 e. The van der Waals surface area contributed by atoms with Crippen LogP contribution in [0, 0.1) is 11.8 Å². The second-order valence-electron chi connectivity index (χ2n) is 8.20. The molecule has 1 atom stereocenters. The summed E-state index contributed by atoms with van der Waals surface area (Å²) in [6, 6.07) is 7.99. The van der Waals surface area contributed by atoms with Crippen molar-refractivity contribution in [1.82, 2.24) is 0 Å². The highest BCUT2D eigenvalue weighted by atomic mass is 35.5. The van der Waals surface area contributed by atoms with Crippen molar-refractivity contribution in [2.24, 2.45) is 0 Å². The van der Waals surface area contributed by atoms with Crippen LogP contribution in [-0.4, -0.2) is 56.0 Å². The van der Waals surface area contributed by atoms with Crippen molar-refractivity contribution in [3.63, 3.8) is 0 Å². The van der Waals surface area contributed by atoms with Gasteiger partial charge in [0.2, 0.25) is 0 Å². The van der Waals surface area contributed by atoms with Crippen molar-refractivity contribution in [1.29, 1.82) is 0 Å². The van der Waals surface area contributed by atoms with Gasteiger partial charge in [0, 0.05) is 24.7 Å². The van der Waals surface area contributed by atoms with E-state index in [9.17, 15) is 36.2 Å². The normalized spacial score (nSPS) is 12.8. The van der Waals surface area contributed by atoms with Gasteiger partial charge in [-0.3, -0.25) is 0 Å². The molecule has 0 aliphatic carbocycles. The minimum atomic E-state index is -4.65. The lowest BCUT2D eigenvalue weighted by atomic mass is 10.1. The summed E-state index contributed by atoms with van der Waals surface area (Å²) in [5.74, 6) is 3.88. The van der Waals surface area contributed by atoms with Crippen molar-refractivity contribution in [3.05, 3.63) is 64.2 Å². The van der Waals surface area contributed by atoms with Crippen LogP contribution in [-0.2, 0) is 16.0 Å². The molecule has 218 valence electrons. The molecule has 0 aliphatic heterocycles. The fourth-order valence-corrected chi connectivity index (χ4v) is 3.30. The topological polar surface area (TPSA) is 74.2 Å². The number of carbonyl (C=O) groups is 1. The van der Waals surface area contributed by atoms with E-state index < -0.39 is 37.6 Å². The van der Waals surface area contributed by atoms with Gasteiger partial charge in [0.25, 0.3) is 0 Å². The molecule has 6 nitrogen and oxygen atoms in total. The van der Waals surface area contributed by atoms with Gasteiger partial charge in [0.1, 0.15) is 23.9 Å². The molecule has 0 fully saturated rings. The zero-order chi connectivity index (χ0) is 29.9. The molecule has 0 spiro atoms. The van der Waals surface area contributed by atoms with Crippen LogP contribution in [0.4, 0.5) is 26.3 Å². The predicted molar refractivity (Wildman–Crippen MR) is 134 cm³/mol. The zero-order valence-corrected chi connectivity index (χ0v) is 22.0. The number of rotatable bonds is 12. The van der Waals surface area contributed by atoms with E-state index in [0.717, 1.165) is 18.2 Å². The average molecular weight is 595 g/mol. The monoisotopic (exact) mass is 594 g/mol. The Morgan fingerprint density at radius 1 is 1.00 bits per heavy atom. The van der Waals surface area contributed by atoms with Crippen LogP contribution >= 0.6 is 11.6 Å². The van der Waals surface area contributed by atoms with E-state index in [4.69, 9.17) is 21.1 Å². The largest absolute Gasteiger partial charge is 0.488 e. The number of carboxylic acids is 1. The number of hydrogen-bond donors (Lipinski definition) is 1. The summed E-state index contributed by atoms with van der Waals surface area (Å²) in [6.45, 7) is 0.292. The molecule has 2 aromatic rings. The number of benzene rings is 2. The molecule has 0 radical (unpaired) electrons. The number of ether oxygens (including phenoxy) is 4. The van der Waals surface area contributed by atoms with E-state index in [2.05, 4.69) is 21.3 Å². The maximum Gasteiger partial charge on any atom is 0.422 e.